The SMILES string of the molecule is Cc1ccc(S(=O)(=O)N(c2cnc3c(N)c(Cl)ccn23)C2CCC(O)CC2)cc1. The second-order valence-corrected chi connectivity index (χ2v) is 9.69. The number of aromatic nitrogens is 2. The van der Waals surface area contributed by atoms with Crippen LogP contribution in [0.5, 0.6) is 0 Å². The van der Waals surface area contributed by atoms with Gasteiger partial charge >= 0.3 is 0 Å². The number of sulfonamides is 1. The summed E-state index contributed by atoms with van der Waals surface area (Å²) in [6.07, 6.45) is 5.01. The lowest BCUT2D eigenvalue weighted by molar-refractivity contribution is 0.123. The number of anilines is 2. The number of hydrogen-bond acceptors (Lipinski definition) is 5. The quantitative estimate of drug-likeness (QED) is 0.655. The number of halogens is 1. The number of rotatable bonds is 4. The van der Waals surface area contributed by atoms with Crippen molar-refractivity contribution >= 4 is 38.8 Å². The number of pyridine rings is 1. The van der Waals surface area contributed by atoms with Gasteiger partial charge in [0.05, 0.1) is 27.9 Å². The van der Waals surface area contributed by atoms with E-state index >= 15 is 0 Å². The Balaban J connectivity index is 1.88. The maximum absolute atomic E-state index is 13.7. The fourth-order valence-corrected chi connectivity index (χ4v) is 5.65. The van der Waals surface area contributed by atoms with E-state index in [9.17, 15) is 13.5 Å². The third-order valence-electron chi connectivity index (χ3n) is 5.45. The van der Waals surface area contributed by atoms with Gasteiger partial charge in [0.1, 0.15) is 5.82 Å². The highest BCUT2D eigenvalue weighted by atomic mass is 35.5. The van der Waals surface area contributed by atoms with Crippen LogP contribution in [0.1, 0.15) is 31.2 Å². The van der Waals surface area contributed by atoms with Crippen molar-refractivity contribution < 1.29 is 13.5 Å². The summed E-state index contributed by atoms with van der Waals surface area (Å²) in [6, 6.07) is 8.12. The molecule has 0 atom stereocenters. The van der Waals surface area contributed by atoms with E-state index in [0.29, 0.717) is 47.9 Å². The normalized spacial score (nSPS) is 20.1. The topological polar surface area (TPSA) is 101 Å². The first-order valence-corrected chi connectivity index (χ1v) is 11.3. The second-order valence-electron chi connectivity index (χ2n) is 7.46. The van der Waals surface area contributed by atoms with Crippen molar-refractivity contribution in [3.63, 3.8) is 0 Å². The summed E-state index contributed by atoms with van der Waals surface area (Å²) in [5, 5.41) is 10.3. The number of aliphatic hydroxyl groups excluding tert-OH is 1. The highest BCUT2D eigenvalue weighted by Crippen LogP contribution is 2.35. The Morgan fingerprint density at radius 3 is 2.48 bits per heavy atom. The molecule has 3 aromatic rings. The standard InChI is InChI=1S/C20H23ClN4O3S/c1-13-2-8-16(9-3-13)29(27,28)25(14-4-6-15(26)7-5-14)18-12-23-20-19(22)17(21)10-11-24(18)20/h2-3,8-12,14-15,26H,4-7,22H2,1H3. The third kappa shape index (κ3) is 3.56. The molecule has 4 rings (SSSR count). The number of nitrogen functional groups attached to an aromatic ring is 1. The number of aliphatic hydroxyl groups is 1. The maximum Gasteiger partial charge on any atom is 0.265 e. The molecule has 0 saturated heterocycles. The number of benzene rings is 1. The number of fused-ring (bicyclic) bond motifs is 1. The average Bonchev–Trinajstić information content (AvgIpc) is 3.11. The van der Waals surface area contributed by atoms with Crippen LogP contribution in [0.25, 0.3) is 5.65 Å². The van der Waals surface area contributed by atoms with Crippen molar-refractivity contribution in [1.82, 2.24) is 9.38 Å². The van der Waals surface area contributed by atoms with Crippen LogP contribution in [0, 0.1) is 6.92 Å². The number of imidazole rings is 1. The molecular formula is C20H23ClN4O3S. The molecule has 0 aliphatic heterocycles. The summed E-state index contributed by atoms with van der Waals surface area (Å²) in [5.74, 6) is 0.408. The van der Waals surface area contributed by atoms with Crippen LogP contribution in [0.15, 0.2) is 47.6 Å². The number of aryl methyl sites for hydroxylation is 1. The van der Waals surface area contributed by atoms with Crippen LogP contribution in [0.4, 0.5) is 11.5 Å². The smallest absolute Gasteiger partial charge is 0.265 e. The van der Waals surface area contributed by atoms with Crippen LogP contribution in [-0.2, 0) is 10.0 Å². The van der Waals surface area contributed by atoms with Gasteiger partial charge in [0.25, 0.3) is 10.0 Å². The molecule has 2 aromatic heterocycles. The highest BCUT2D eigenvalue weighted by molar-refractivity contribution is 7.92. The van der Waals surface area contributed by atoms with Crippen molar-refractivity contribution in [2.45, 2.75) is 49.6 Å². The van der Waals surface area contributed by atoms with Gasteiger partial charge in [-0.15, -0.1) is 0 Å². The van der Waals surface area contributed by atoms with Crippen molar-refractivity contribution in [3.8, 4) is 0 Å². The molecule has 0 unspecified atom stereocenters. The van der Waals surface area contributed by atoms with Gasteiger partial charge in [-0.05, 0) is 50.8 Å². The van der Waals surface area contributed by atoms with Crippen LogP contribution in [-0.4, -0.2) is 35.1 Å². The molecule has 7 nitrogen and oxygen atoms in total. The molecule has 0 spiro atoms. The summed E-state index contributed by atoms with van der Waals surface area (Å²) in [6.45, 7) is 1.91. The molecule has 3 N–H and O–H groups in total. The molecule has 1 saturated carbocycles. The van der Waals surface area contributed by atoms with E-state index in [-0.39, 0.29) is 10.9 Å². The molecule has 1 aliphatic carbocycles. The third-order valence-corrected chi connectivity index (χ3v) is 7.65. The van der Waals surface area contributed by atoms with Crippen LogP contribution >= 0.6 is 11.6 Å². The predicted molar refractivity (Wildman–Crippen MR) is 114 cm³/mol. The van der Waals surface area contributed by atoms with E-state index in [2.05, 4.69) is 4.98 Å². The minimum atomic E-state index is -3.86. The van der Waals surface area contributed by atoms with Gasteiger partial charge in [-0.1, -0.05) is 29.3 Å². The Hall–Kier alpha value is -2.29. The fourth-order valence-electron chi connectivity index (χ4n) is 3.82. The Kier molecular flexibility index (Phi) is 5.18. The van der Waals surface area contributed by atoms with Gasteiger partial charge in [-0.3, -0.25) is 4.40 Å². The number of nitrogens with zero attached hydrogens (tertiary/aromatic N) is 3. The molecule has 0 bridgehead atoms. The Labute approximate surface area is 174 Å². The van der Waals surface area contributed by atoms with E-state index < -0.39 is 16.1 Å². The Morgan fingerprint density at radius 2 is 1.83 bits per heavy atom. The van der Waals surface area contributed by atoms with Gasteiger partial charge in [-0.25, -0.2) is 17.7 Å². The first kappa shape index (κ1) is 20.0. The summed E-state index contributed by atoms with van der Waals surface area (Å²) < 4.78 is 30.4. The first-order chi connectivity index (χ1) is 13.8. The van der Waals surface area contributed by atoms with E-state index in [4.69, 9.17) is 17.3 Å². The van der Waals surface area contributed by atoms with E-state index in [1.54, 1.807) is 40.9 Å². The van der Waals surface area contributed by atoms with E-state index in [1.165, 1.54) is 10.5 Å². The summed E-state index contributed by atoms with van der Waals surface area (Å²) in [7, 11) is -3.86. The van der Waals surface area contributed by atoms with Crippen molar-refractivity contribution in [2.75, 3.05) is 10.0 Å². The molecule has 2 heterocycles. The number of nitrogens with two attached hydrogens (primary N) is 1. The van der Waals surface area contributed by atoms with Crippen LogP contribution in [0.2, 0.25) is 5.02 Å². The maximum atomic E-state index is 13.7. The monoisotopic (exact) mass is 434 g/mol. The lowest BCUT2D eigenvalue weighted by atomic mass is 9.93. The lowest BCUT2D eigenvalue weighted by Crippen LogP contribution is -2.43. The minimum absolute atomic E-state index is 0.214. The van der Waals surface area contributed by atoms with Crippen LogP contribution in [0.3, 0.4) is 0 Å². The minimum Gasteiger partial charge on any atom is -0.394 e. The van der Waals surface area contributed by atoms with E-state index in [1.807, 2.05) is 6.92 Å². The second kappa shape index (κ2) is 7.51. The average molecular weight is 435 g/mol. The summed E-state index contributed by atoms with van der Waals surface area (Å²) >= 11 is 6.10. The van der Waals surface area contributed by atoms with Gasteiger partial charge in [0.2, 0.25) is 0 Å². The van der Waals surface area contributed by atoms with Crippen molar-refractivity contribution in [2.24, 2.45) is 0 Å². The van der Waals surface area contributed by atoms with Gasteiger partial charge in [0.15, 0.2) is 5.65 Å². The molecule has 154 valence electrons. The molecular weight excluding hydrogens is 412 g/mol. The largest absolute Gasteiger partial charge is 0.394 e. The molecule has 1 fully saturated rings. The summed E-state index contributed by atoms with van der Waals surface area (Å²) in [5.41, 5.74) is 7.74. The number of hydrogen-bond donors (Lipinski definition) is 2. The van der Waals surface area contributed by atoms with Crippen LogP contribution < -0.4 is 10.0 Å². The lowest BCUT2D eigenvalue weighted by Gasteiger charge is -2.35. The van der Waals surface area contributed by atoms with Crippen molar-refractivity contribution in [1.29, 1.82) is 0 Å². The Bertz CT molecular complexity index is 1140. The van der Waals surface area contributed by atoms with E-state index in [0.717, 1.165) is 5.56 Å². The van der Waals surface area contributed by atoms with Gasteiger partial charge in [-0.2, -0.15) is 0 Å². The molecule has 9 heteroatoms. The molecule has 29 heavy (non-hydrogen) atoms. The zero-order valence-electron chi connectivity index (χ0n) is 16.0. The molecule has 1 aromatic carbocycles. The van der Waals surface area contributed by atoms with Gasteiger partial charge < -0.3 is 10.8 Å². The van der Waals surface area contributed by atoms with Gasteiger partial charge in [0, 0.05) is 12.2 Å². The molecule has 0 amide bonds. The molecule has 0 radical (unpaired) electrons. The predicted octanol–water partition coefficient (Wildman–Crippen LogP) is 3.38. The fraction of sp³-hybridized carbons (Fsp3) is 0.350. The Morgan fingerprint density at radius 1 is 1.17 bits per heavy atom. The zero-order valence-corrected chi connectivity index (χ0v) is 17.6. The zero-order chi connectivity index (χ0) is 20.8. The highest BCUT2D eigenvalue weighted by Gasteiger charge is 2.36. The molecule has 1 aliphatic rings. The summed E-state index contributed by atoms with van der Waals surface area (Å²) in [4.78, 5) is 4.54. The first-order valence-electron chi connectivity index (χ1n) is 9.49. The van der Waals surface area contributed by atoms with Crippen molar-refractivity contribution in [3.05, 3.63) is 53.3 Å².